The third-order valence-corrected chi connectivity index (χ3v) is 4.72. The summed E-state index contributed by atoms with van der Waals surface area (Å²) in [6.07, 6.45) is 0. The molecule has 90 valence electrons. The summed E-state index contributed by atoms with van der Waals surface area (Å²) in [6.45, 7) is 0. The number of benzene rings is 1. The van der Waals surface area contributed by atoms with Gasteiger partial charge in [-0.3, -0.25) is 0 Å². The highest BCUT2D eigenvalue weighted by Gasteiger charge is 2.25. The van der Waals surface area contributed by atoms with Crippen molar-refractivity contribution in [2.45, 2.75) is 0 Å². The largest absolute Gasteiger partial charge is 0.386 e. The van der Waals surface area contributed by atoms with Crippen LogP contribution in [0.5, 0.6) is 0 Å². The summed E-state index contributed by atoms with van der Waals surface area (Å²) in [7, 11) is 0. The lowest BCUT2D eigenvalue weighted by Crippen LogP contribution is -2.01. The van der Waals surface area contributed by atoms with E-state index < -0.39 is 22.5 Å². The summed E-state index contributed by atoms with van der Waals surface area (Å²) >= 11 is 3.46. The van der Waals surface area contributed by atoms with Crippen molar-refractivity contribution in [2.24, 2.45) is 0 Å². The molecule has 2 aromatic heterocycles. The van der Waals surface area contributed by atoms with Crippen LogP contribution in [0.3, 0.4) is 0 Å². The predicted molar refractivity (Wildman–Crippen MR) is 78.9 cm³/mol. The molecule has 6 nitrogen and oxygen atoms in total. The van der Waals surface area contributed by atoms with Crippen molar-refractivity contribution in [3.63, 3.8) is 0 Å². The predicted octanol–water partition coefficient (Wildman–Crippen LogP) is 0.705. The molecular formula is C10I2O6. The van der Waals surface area contributed by atoms with Crippen LogP contribution in [0.15, 0.2) is 28.0 Å². The van der Waals surface area contributed by atoms with Crippen LogP contribution in [0.4, 0.5) is 0 Å². The Morgan fingerprint density at radius 2 is 0.778 bits per heavy atom. The topological polar surface area (TPSA) is 94.6 Å². The molecule has 0 aliphatic rings. The van der Waals surface area contributed by atoms with Crippen LogP contribution in [-0.4, -0.2) is 0 Å². The van der Waals surface area contributed by atoms with Gasteiger partial charge in [0, 0.05) is 7.14 Å². The van der Waals surface area contributed by atoms with Crippen molar-refractivity contribution in [3.8, 4) is 0 Å². The third-order valence-electron chi connectivity index (χ3n) is 2.57. The second-order valence-electron chi connectivity index (χ2n) is 3.48. The number of furan rings is 2. The molecule has 0 fully saturated rings. The molecule has 0 amide bonds. The van der Waals surface area contributed by atoms with E-state index in [1.807, 2.05) is 0 Å². The first-order chi connectivity index (χ1) is 8.43. The summed E-state index contributed by atoms with van der Waals surface area (Å²) < 4.78 is 9.41. The highest BCUT2D eigenvalue weighted by Crippen LogP contribution is 2.28. The summed E-state index contributed by atoms with van der Waals surface area (Å²) in [5.41, 5.74) is -3.25. The van der Waals surface area contributed by atoms with E-state index in [0.29, 0.717) is 0 Å². The maximum Gasteiger partial charge on any atom is 0.348 e. The van der Waals surface area contributed by atoms with Gasteiger partial charge in [0.15, 0.2) is 0 Å². The molecule has 0 saturated heterocycles. The van der Waals surface area contributed by atoms with Gasteiger partial charge in [-0.15, -0.1) is 0 Å². The van der Waals surface area contributed by atoms with Crippen molar-refractivity contribution in [3.05, 3.63) is 48.8 Å². The standard InChI is InChI=1S/C10I2O6/c11-5-1-2(8(14)17-7(1)13)6(12)4-3(5)9(15)18-10(4)16. The second-order valence-corrected chi connectivity index (χ2v) is 5.64. The third kappa shape index (κ3) is 1.32. The fraction of sp³-hybridized carbons (Fsp3) is 0. The lowest BCUT2D eigenvalue weighted by Gasteiger charge is -1.96. The van der Waals surface area contributed by atoms with Crippen LogP contribution in [0.25, 0.3) is 21.5 Å². The molecule has 18 heavy (non-hydrogen) atoms. The van der Waals surface area contributed by atoms with Crippen molar-refractivity contribution in [1.29, 1.82) is 0 Å². The van der Waals surface area contributed by atoms with Crippen molar-refractivity contribution in [2.75, 3.05) is 0 Å². The van der Waals surface area contributed by atoms with Crippen LogP contribution in [0, 0.1) is 7.14 Å². The molecule has 0 aliphatic heterocycles. The lowest BCUT2D eigenvalue weighted by molar-refractivity contribution is 0.498. The minimum absolute atomic E-state index is 0.0235. The van der Waals surface area contributed by atoms with Crippen molar-refractivity contribution >= 4 is 66.7 Å². The number of halogens is 2. The van der Waals surface area contributed by atoms with Crippen LogP contribution in [0.2, 0.25) is 0 Å². The summed E-state index contributed by atoms with van der Waals surface area (Å²) in [5, 5.41) is 0.0941. The molecule has 0 radical (unpaired) electrons. The van der Waals surface area contributed by atoms with Gasteiger partial charge in [-0.25, -0.2) is 19.2 Å². The normalized spacial score (nSPS) is 11.7. The maximum absolute atomic E-state index is 11.5. The molecule has 8 heteroatoms. The molecule has 0 N–H and O–H groups in total. The number of hydrogen-bond donors (Lipinski definition) is 0. The smallest absolute Gasteiger partial charge is 0.348 e. The van der Waals surface area contributed by atoms with Gasteiger partial charge < -0.3 is 8.83 Å². The van der Waals surface area contributed by atoms with Crippen molar-refractivity contribution in [1.82, 2.24) is 0 Å². The number of hydrogen-bond acceptors (Lipinski definition) is 6. The highest BCUT2D eigenvalue weighted by molar-refractivity contribution is 14.1. The Labute approximate surface area is 124 Å². The first-order valence-electron chi connectivity index (χ1n) is 4.51. The van der Waals surface area contributed by atoms with E-state index in [1.165, 1.54) is 0 Å². The molecule has 0 saturated carbocycles. The average molecular weight is 470 g/mol. The molecule has 3 aromatic rings. The lowest BCUT2D eigenvalue weighted by atomic mass is 10.1. The van der Waals surface area contributed by atoms with E-state index in [0.717, 1.165) is 0 Å². The Bertz CT molecular complexity index is 857. The summed E-state index contributed by atoms with van der Waals surface area (Å²) in [6, 6.07) is 0. The zero-order chi connectivity index (χ0) is 13.2. The van der Waals surface area contributed by atoms with Crippen molar-refractivity contribution < 1.29 is 8.83 Å². The summed E-state index contributed by atoms with van der Waals surface area (Å²) in [4.78, 5) is 46.2. The Morgan fingerprint density at radius 3 is 1.00 bits per heavy atom. The number of rotatable bonds is 0. The SMILES string of the molecule is O=c1oc(=O)c2c(I)c3c(=O)oc(=O)c3c(I)c12. The van der Waals surface area contributed by atoms with Gasteiger partial charge in [0.2, 0.25) is 0 Å². The van der Waals surface area contributed by atoms with Gasteiger partial charge in [0.05, 0.1) is 21.5 Å². The van der Waals surface area contributed by atoms with Gasteiger partial charge >= 0.3 is 22.5 Å². The first-order valence-corrected chi connectivity index (χ1v) is 6.67. The number of fused-ring (bicyclic) bond motifs is 2. The van der Waals surface area contributed by atoms with Gasteiger partial charge in [-0.2, -0.15) is 0 Å². The highest BCUT2D eigenvalue weighted by atomic mass is 127. The van der Waals surface area contributed by atoms with E-state index >= 15 is 0 Å². The quantitative estimate of drug-likeness (QED) is 0.450. The monoisotopic (exact) mass is 470 g/mol. The van der Waals surface area contributed by atoms with Gasteiger partial charge in [-0.1, -0.05) is 0 Å². The Kier molecular flexibility index (Phi) is 2.49. The molecular weight excluding hydrogens is 470 g/mol. The van der Waals surface area contributed by atoms with Gasteiger partial charge in [0.25, 0.3) is 0 Å². The minimum atomic E-state index is -0.813. The van der Waals surface area contributed by atoms with Crippen LogP contribution < -0.4 is 22.5 Å². The summed E-state index contributed by atoms with van der Waals surface area (Å²) in [5.74, 6) is 0. The van der Waals surface area contributed by atoms with Crippen LogP contribution in [0.1, 0.15) is 0 Å². The molecule has 1 aromatic carbocycles. The van der Waals surface area contributed by atoms with E-state index in [4.69, 9.17) is 0 Å². The molecule has 3 rings (SSSR count). The van der Waals surface area contributed by atoms with Gasteiger partial charge in [0.1, 0.15) is 0 Å². The van der Waals surface area contributed by atoms with E-state index in [-0.39, 0.29) is 28.7 Å². The van der Waals surface area contributed by atoms with E-state index in [9.17, 15) is 19.2 Å². The minimum Gasteiger partial charge on any atom is -0.386 e. The molecule has 0 aliphatic carbocycles. The molecule has 2 heterocycles. The molecule has 0 unspecified atom stereocenters. The Hall–Kier alpha value is -1.04. The fourth-order valence-corrected chi connectivity index (χ4v) is 3.79. The van der Waals surface area contributed by atoms with Gasteiger partial charge in [-0.05, 0) is 45.2 Å². The molecule has 0 spiro atoms. The fourth-order valence-electron chi connectivity index (χ4n) is 1.83. The zero-order valence-corrected chi connectivity index (χ0v) is 12.5. The maximum atomic E-state index is 11.5. The Balaban J connectivity index is 2.94. The molecule has 0 atom stereocenters. The molecule has 0 bridgehead atoms. The van der Waals surface area contributed by atoms with Crippen LogP contribution >= 0.6 is 45.2 Å². The Morgan fingerprint density at radius 1 is 0.556 bits per heavy atom. The second kappa shape index (κ2) is 3.73. The zero-order valence-electron chi connectivity index (χ0n) is 8.21. The van der Waals surface area contributed by atoms with E-state index in [1.54, 1.807) is 45.2 Å². The van der Waals surface area contributed by atoms with E-state index in [2.05, 4.69) is 8.83 Å². The first kappa shape index (κ1) is 12.0. The average Bonchev–Trinajstić information content (AvgIpc) is 2.73. The van der Waals surface area contributed by atoms with Crippen LogP contribution in [-0.2, 0) is 0 Å².